The van der Waals surface area contributed by atoms with Gasteiger partial charge in [-0.05, 0) is 44.2 Å². The summed E-state index contributed by atoms with van der Waals surface area (Å²) in [6.45, 7) is 9.29. The van der Waals surface area contributed by atoms with Crippen molar-refractivity contribution in [1.82, 2.24) is 9.97 Å². The van der Waals surface area contributed by atoms with Gasteiger partial charge in [0.2, 0.25) is 0 Å². The molecule has 0 spiro atoms. The van der Waals surface area contributed by atoms with Crippen LogP contribution in [0.1, 0.15) is 30.7 Å². The molecule has 0 amide bonds. The minimum absolute atomic E-state index is 0.848. The number of hydrogen-bond donors (Lipinski definition) is 1. The maximum absolute atomic E-state index is 4.70. The molecular weight excluding hydrogens is 242 g/mol. The van der Waals surface area contributed by atoms with Crippen molar-refractivity contribution in [2.75, 3.05) is 11.9 Å². The molecule has 0 aromatic carbocycles. The van der Waals surface area contributed by atoms with Gasteiger partial charge in [-0.1, -0.05) is 6.92 Å². The number of aromatic nitrogens is 2. The Morgan fingerprint density at radius 3 is 2.56 bits per heavy atom. The van der Waals surface area contributed by atoms with Crippen LogP contribution >= 0.6 is 11.3 Å². The second-order valence-corrected chi connectivity index (χ2v) is 5.20. The summed E-state index contributed by atoms with van der Waals surface area (Å²) in [6.07, 6.45) is 0.935. The van der Waals surface area contributed by atoms with Gasteiger partial charge in [-0.15, -0.1) is 11.3 Å². The Bertz CT molecular complexity index is 546. The molecule has 2 rings (SSSR count). The number of thiophene rings is 1. The van der Waals surface area contributed by atoms with Crippen LogP contribution in [0.25, 0.3) is 10.7 Å². The quantitative estimate of drug-likeness (QED) is 0.909. The first-order valence-corrected chi connectivity index (χ1v) is 7.21. The summed E-state index contributed by atoms with van der Waals surface area (Å²) in [5.74, 6) is 1.81. The first-order chi connectivity index (χ1) is 8.67. The number of nitrogens with one attached hydrogen (secondary N) is 1. The van der Waals surface area contributed by atoms with Crippen LogP contribution < -0.4 is 5.32 Å². The van der Waals surface area contributed by atoms with Crippen LogP contribution in [0.15, 0.2) is 11.4 Å². The van der Waals surface area contributed by atoms with E-state index < -0.39 is 0 Å². The smallest absolute Gasteiger partial charge is 0.172 e. The molecule has 18 heavy (non-hydrogen) atoms. The zero-order chi connectivity index (χ0) is 13.1. The van der Waals surface area contributed by atoms with Gasteiger partial charge in [-0.25, -0.2) is 9.97 Å². The molecule has 0 aliphatic rings. The molecule has 0 aliphatic carbocycles. The zero-order valence-corrected chi connectivity index (χ0v) is 12.2. The van der Waals surface area contributed by atoms with Crippen LogP contribution in [0.3, 0.4) is 0 Å². The maximum atomic E-state index is 4.70. The van der Waals surface area contributed by atoms with E-state index in [0.29, 0.717) is 0 Å². The fraction of sp³-hybridized carbons (Fsp3) is 0.429. The van der Waals surface area contributed by atoms with Crippen molar-refractivity contribution >= 4 is 17.2 Å². The van der Waals surface area contributed by atoms with Crippen molar-refractivity contribution in [3.63, 3.8) is 0 Å². The third kappa shape index (κ3) is 2.38. The Morgan fingerprint density at radius 1 is 1.22 bits per heavy atom. The molecule has 1 N–H and O–H groups in total. The van der Waals surface area contributed by atoms with Crippen LogP contribution in [0.5, 0.6) is 0 Å². The lowest BCUT2D eigenvalue weighted by molar-refractivity contribution is 0.971. The number of rotatable bonds is 4. The van der Waals surface area contributed by atoms with Crippen LogP contribution in [-0.4, -0.2) is 16.5 Å². The first kappa shape index (κ1) is 13.0. The van der Waals surface area contributed by atoms with E-state index in [9.17, 15) is 0 Å². The highest BCUT2D eigenvalue weighted by Crippen LogP contribution is 2.28. The minimum Gasteiger partial charge on any atom is -0.370 e. The van der Waals surface area contributed by atoms with Gasteiger partial charge < -0.3 is 5.32 Å². The fourth-order valence-electron chi connectivity index (χ4n) is 1.95. The molecule has 2 aromatic heterocycles. The van der Waals surface area contributed by atoms with E-state index >= 15 is 0 Å². The summed E-state index contributed by atoms with van der Waals surface area (Å²) in [7, 11) is 0. The van der Waals surface area contributed by atoms with Gasteiger partial charge in [0.1, 0.15) is 5.82 Å². The second kappa shape index (κ2) is 5.48. The molecule has 0 unspecified atom stereocenters. The van der Waals surface area contributed by atoms with E-state index in [1.165, 1.54) is 10.4 Å². The van der Waals surface area contributed by atoms with Gasteiger partial charge in [0.25, 0.3) is 0 Å². The topological polar surface area (TPSA) is 37.8 Å². The monoisotopic (exact) mass is 261 g/mol. The normalized spacial score (nSPS) is 10.7. The Balaban J connectivity index is 2.55. The van der Waals surface area contributed by atoms with Gasteiger partial charge in [-0.3, -0.25) is 0 Å². The zero-order valence-electron chi connectivity index (χ0n) is 11.4. The highest BCUT2D eigenvalue weighted by Gasteiger charge is 2.12. The van der Waals surface area contributed by atoms with E-state index in [1.54, 1.807) is 11.3 Å². The number of anilines is 1. The largest absolute Gasteiger partial charge is 0.370 e. The molecule has 4 heteroatoms. The van der Waals surface area contributed by atoms with E-state index in [2.05, 4.69) is 49.4 Å². The SMILES string of the molecule is CCNc1nc(-c2sccc2C)nc(CC)c1C. The van der Waals surface area contributed by atoms with Crippen molar-refractivity contribution in [1.29, 1.82) is 0 Å². The summed E-state index contributed by atoms with van der Waals surface area (Å²) in [4.78, 5) is 10.5. The number of hydrogen-bond acceptors (Lipinski definition) is 4. The third-order valence-electron chi connectivity index (χ3n) is 2.99. The molecular formula is C14H19N3S. The van der Waals surface area contributed by atoms with E-state index in [-0.39, 0.29) is 0 Å². The van der Waals surface area contributed by atoms with Crippen molar-refractivity contribution in [3.8, 4) is 10.7 Å². The molecule has 0 radical (unpaired) electrons. The van der Waals surface area contributed by atoms with Gasteiger partial charge in [-0.2, -0.15) is 0 Å². The average Bonchev–Trinajstić information content (AvgIpc) is 2.78. The lowest BCUT2D eigenvalue weighted by Gasteiger charge is -2.12. The van der Waals surface area contributed by atoms with E-state index in [0.717, 1.165) is 35.9 Å². The molecule has 0 saturated heterocycles. The predicted octanol–water partition coefficient (Wildman–Crippen LogP) is 3.82. The van der Waals surface area contributed by atoms with E-state index in [4.69, 9.17) is 4.98 Å². The number of nitrogens with zero attached hydrogens (tertiary/aromatic N) is 2. The van der Waals surface area contributed by atoms with E-state index in [1.807, 2.05) is 0 Å². The Morgan fingerprint density at radius 2 is 2.00 bits per heavy atom. The molecule has 2 heterocycles. The molecule has 96 valence electrons. The molecule has 0 saturated carbocycles. The van der Waals surface area contributed by atoms with Gasteiger partial charge in [0, 0.05) is 17.8 Å². The molecule has 2 aromatic rings. The average molecular weight is 261 g/mol. The molecule has 3 nitrogen and oxygen atoms in total. The Hall–Kier alpha value is -1.42. The molecule has 0 fully saturated rings. The van der Waals surface area contributed by atoms with Gasteiger partial charge >= 0.3 is 0 Å². The summed E-state index contributed by atoms with van der Waals surface area (Å²) in [5.41, 5.74) is 3.54. The van der Waals surface area contributed by atoms with Crippen molar-refractivity contribution in [3.05, 3.63) is 28.3 Å². The molecule has 0 aliphatic heterocycles. The Labute approximate surface area is 112 Å². The van der Waals surface area contributed by atoms with Crippen molar-refractivity contribution in [2.24, 2.45) is 0 Å². The summed E-state index contributed by atoms with van der Waals surface area (Å²) < 4.78 is 0. The van der Waals surface area contributed by atoms with Crippen LogP contribution in [0.4, 0.5) is 5.82 Å². The third-order valence-corrected chi connectivity index (χ3v) is 4.00. The van der Waals surface area contributed by atoms with Gasteiger partial charge in [0.15, 0.2) is 5.82 Å². The Kier molecular flexibility index (Phi) is 3.97. The summed E-state index contributed by atoms with van der Waals surface area (Å²) in [6, 6.07) is 2.11. The fourth-order valence-corrected chi connectivity index (χ4v) is 2.81. The van der Waals surface area contributed by atoms with Crippen molar-refractivity contribution in [2.45, 2.75) is 34.1 Å². The predicted molar refractivity (Wildman–Crippen MR) is 78.4 cm³/mol. The lowest BCUT2D eigenvalue weighted by atomic mass is 10.2. The standard InChI is InChI=1S/C14H19N3S/c1-5-11-10(4)13(15-6-2)17-14(16-11)12-9(3)7-8-18-12/h7-8H,5-6H2,1-4H3,(H,15,16,17). The van der Waals surface area contributed by atoms with Crippen LogP contribution in [0, 0.1) is 13.8 Å². The highest BCUT2D eigenvalue weighted by molar-refractivity contribution is 7.13. The lowest BCUT2D eigenvalue weighted by Crippen LogP contribution is -2.07. The first-order valence-electron chi connectivity index (χ1n) is 6.33. The minimum atomic E-state index is 0.848. The molecule has 0 bridgehead atoms. The van der Waals surface area contributed by atoms with Crippen molar-refractivity contribution < 1.29 is 0 Å². The maximum Gasteiger partial charge on any atom is 0.172 e. The summed E-state index contributed by atoms with van der Waals surface area (Å²) >= 11 is 1.70. The molecule has 0 atom stereocenters. The highest BCUT2D eigenvalue weighted by atomic mass is 32.1. The van der Waals surface area contributed by atoms with Crippen LogP contribution in [-0.2, 0) is 6.42 Å². The summed E-state index contributed by atoms with van der Waals surface area (Å²) in [5, 5.41) is 5.42. The van der Waals surface area contributed by atoms with Crippen LogP contribution in [0.2, 0.25) is 0 Å². The van der Waals surface area contributed by atoms with Gasteiger partial charge in [0.05, 0.1) is 4.88 Å². The number of aryl methyl sites for hydroxylation is 2. The second-order valence-electron chi connectivity index (χ2n) is 4.28.